The first kappa shape index (κ1) is 13.8. The van der Waals surface area contributed by atoms with Gasteiger partial charge in [0.25, 0.3) is 5.91 Å². The van der Waals surface area contributed by atoms with E-state index in [1.807, 2.05) is 6.07 Å². The van der Waals surface area contributed by atoms with Crippen LogP contribution in [0.1, 0.15) is 10.5 Å². The van der Waals surface area contributed by atoms with Crippen LogP contribution in [0.2, 0.25) is 0 Å². The number of nitrogen functional groups attached to an aromatic ring is 1. The van der Waals surface area contributed by atoms with Crippen molar-refractivity contribution in [2.75, 3.05) is 24.5 Å². The van der Waals surface area contributed by atoms with Gasteiger partial charge in [-0.25, -0.2) is 10.8 Å². The number of rotatable bonds is 4. The predicted octanol–water partition coefficient (Wildman–Crippen LogP) is 1.05. The van der Waals surface area contributed by atoms with Crippen LogP contribution in [0, 0.1) is 0 Å². The molecule has 7 nitrogen and oxygen atoms in total. The summed E-state index contributed by atoms with van der Waals surface area (Å²) in [6.07, 6.45) is 2.82. The van der Waals surface area contributed by atoms with E-state index in [4.69, 9.17) is 10.6 Å². The highest BCUT2D eigenvalue weighted by atomic mass is 16.5. The van der Waals surface area contributed by atoms with Crippen LogP contribution in [-0.4, -0.2) is 30.0 Å². The molecule has 2 aromatic rings. The number of anilines is 2. The molecule has 0 radical (unpaired) electrons. The van der Waals surface area contributed by atoms with Crippen molar-refractivity contribution in [3.8, 4) is 5.75 Å². The van der Waals surface area contributed by atoms with Gasteiger partial charge in [-0.2, -0.15) is 0 Å². The second kappa shape index (κ2) is 5.98. The number of hydrogen-bond acceptors (Lipinski definition) is 6. The van der Waals surface area contributed by atoms with Crippen molar-refractivity contribution in [2.45, 2.75) is 0 Å². The first-order valence-electron chi connectivity index (χ1n) is 5.86. The molecule has 0 atom stereocenters. The fourth-order valence-electron chi connectivity index (χ4n) is 1.65. The number of carbonyl (C=O) groups is 1. The zero-order chi connectivity index (χ0) is 14.5. The lowest BCUT2D eigenvalue weighted by Crippen LogP contribution is -2.27. The molecule has 0 aliphatic carbocycles. The van der Waals surface area contributed by atoms with Gasteiger partial charge in [0.1, 0.15) is 11.4 Å². The molecule has 1 heterocycles. The third kappa shape index (κ3) is 2.83. The molecule has 0 spiro atoms. The molecule has 0 fully saturated rings. The van der Waals surface area contributed by atoms with Gasteiger partial charge >= 0.3 is 0 Å². The Morgan fingerprint density at radius 1 is 1.40 bits per heavy atom. The molecular formula is C13H15N5O2. The molecule has 3 N–H and O–H groups in total. The maximum absolute atomic E-state index is 12.3. The lowest BCUT2D eigenvalue weighted by Gasteiger charge is -2.17. The van der Waals surface area contributed by atoms with E-state index >= 15 is 0 Å². The van der Waals surface area contributed by atoms with Crippen molar-refractivity contribution in [2.24, 2.45) is 5.84 Å². The Morgan fingerprint density at radius 3 is 2.90 bits per heavy atom. The maximum atomic E-state index is 12.3. The van der Waals surface area contributed by atoms with Gasteiger partial charge in [-0.1, -0.05) is 6.07 Å². The lowest BCUT2D eigenvalue weighted by molar-refractivity contribution is 0.0988. The van der Waals surface area contributed by atoms with Crippen molar-refractivity contribution >= 4 is 17.4 Å². The third-order valence-corrected chi connectivity index (χ3v) is 2.75. The minimum atomic E-state index is -0.289. The highest BCUT2D eigenvalue weighted by molar-refractivity contribution is 6.04. The van der Waals surface area contributed by atoms with E-state index in [1.165, 1.54) is 17.3 Å². The number of methoxy groups -OCH3 is 1. The summed E-state index contributed by atoms with van der Waals surface area (Å²) in [5, 5.41) is 0. The summed E-state index contributed by atoms with van der Waals surface area (Å²) in [5.74, 6) is 5.96. The van der Waals surface area contributed by atoms with Gasteiger partial charge in [-0.3, -0.25) is 9.78 Å². The van der Waals surface area contributed by atoms with Crippen molar-refractivity contribution in [1.29, 1.82) is 0 Å². The molecule has 7 heteroatoms. The summed E-state index contributed by atoms with van der Waals surface area (Å²) in [6, 6.07) is 7.18. The van der Waals surface area contributed by atoms with E-state index in [0.717, 1.165) is 0 Å². The number of nitrogens with one attached hydrogen (secondary N) is 1. The SMILES string of the molecule is COc1cccc(N(C)C(=O)c2cncc(NN)n2)c1. The number of amides is 1. The molecule has 20 heavy (non-hydrogen) atoms. The first-order valence-corrected chi connectivity index (χ1v) is 5.86. The number of hydrazine groups is 1. The van der Waals surface area contributed by atoms with Crippen molar-refractivity contribution in [1.82, 2.24) is 9.97 Å². The molecule has 0 bridgehead atoms. The number of hydrogen-bond donors (Lipinski definition) is 2. The molecular weight excluding hydrogens is 258 g/mol. The Morgan fingerprint density at radius 2 is 2.20 bits per heavy atom. The third-order valence-electron chi connectivity index (χ3n) is 2.75. The Bertz CT molecular complexity index is 617. The summed E-state index contributed by atoms with van der Waals surface area (Å²) in [5.41, 5.74) is 3.25. The molecule has 0 unspecified atom stereocenters. The number of ether oxygens (including phenoxy) is 1. The molecule has 1 aromatic carbocycles. The van der Waals surface area contributed by atoms with Crippen molar-refractivity contribution in [3.63, 3.8) is 0 Å². The first-order chi connectivity index (χ1) is 9.65. The zero-order valence-corrected chi connectivity index (χ0v) is 11.2. The van der Waals surface area contributed by atoms with Gasteiger partial charge in [0.2, 0.25) is 0 Å². The van der Waals surface area contributed by atoms with Gasteiger partial charge in [0, 0.05) is 18.8 Å². The molecule has 0 aliphatic heterocycles. The number of nitrogens with zero attached hydrogens (tertiary/aromatic N) is 3. The second-order valence-corrected chi connectivity index (χ2v) is 4.00. The Labute approximate surface area is 116 Å². The highest BCUT2D eigenvalue weighted by Gasteiger charge is 2.16. The van der Waals surface area contributed by atoms with Crippen LogP contribution in [-0.2, 0) is 0 Å². The van der Waals surface area contributed by atoms with Gasteiger partial charge in [0.05, 0.1) is 19.5 Å². The topological polar surface area (TPSA) is 93.4 Å². The number of benzene rings is 1. The number of nitrogens with two attached hydrogens (primary N) is 1. The molecule has 1 amide bonds. The van der Waals surface area contributed by atoms with Gasteiger partial charge in [-0.15, -0.1) is 0 Å². The molecule has 0 aliphatic rings. The Kier molecular flexibility index (Phi) is 4.11. The molecule has 104 valence electrons. The van der Waals surface area contributed by atoms with Gasteiger partial charge in [-0.05, 0) is 12.1 Å². The maximum Gasteiger partial charge on any atom is 0.278 e. The van der Waals surface area contributed by atoms with Crippen molar-refractivity contribution < 1.29 is 9.53 Å². The van der Waals surface area contributed by atoms with Crippen LogP contribution in [0.5, 0.6) is 5.75 Å². The van der Waals surface area contributed by atoms with E-state index in [0.29, 0.717) is 17.3 Å². The average molecular weight is 273 g/mol. The smallest absolute Gasteiger partial charge is 0.278 e. The fourth-order valence-corrected chi connectivity index (χ4v) is 1.65. The summed E-state index contributed by atoms with van der Waals surface area (Å²) in [7, 11) is 3.23. The molecule has 0 saturated carbocycles. The summed E-state index contributed by atoms with van der Waals surface area (Å²) < 4.78 is 5.13. The van der Waals surface area contributed by atoms with Gasteiger partial charge < -0.3 is 15.1 Å². The van der Waals surface area contributed by atoms with Crippen LogP contribution in [0.4, 0.5) is 11.5 Å². The van der Waals surface area contributed by atoms with Crippen LogP contribution >= 0.6 is 0 Å². The van der Waals surface area contributed by atoms with E-state index in [2.05, 4.69) is 15.4 Å². The van der Waals surface area contributed by atoms with Gasteiger partial charge in [0.15, 0.2) is 5.82 Å². The van der Waals surface area contributed by atoms with E-state index in [-0.39, 0.29) is 11.6 Å². The van der Waals surface area contributed by atoms with E-state index in [1.54, 1.807) is 32.4 Å². The standard InChI is InChI=1S/C13H15N5O2/c1-18(9-4-3-5-10(6-9)20-2)13(19)11-7-15-8-12(16-11)17-14/h3-8H,14H2,1-2H3,(H,16,17). The van der Waals surface area contributed by atoms with Crippen molar-refractivity contribution in [3.05, 3.63) is 42.4 Å². The van der Waals surface area contributed by atoms with E-state index in [9.17, 15) is 4.79 Å². The molecule has 2 rings (SSSR count). The fraction of sp³-hybridized carbons (Fsp3) is 0.154. The van der Waals surface area contributed by atoms with Crippen LogP contribution < -0.4 is 20.9 Å². The van der Waals surface area contributed by atoms with Crippen LogP contribution in [0.25, 0.3) is 0 Å². The molecule has 1 aromatic heterocycles. The largest absolute Gasteiger partial charge is 0.497 e. The minimum Gasteiger partial charge on any atom is -0.497 e. The Hall–Kier alpha value is -2.67. The number of aromatic nitrogens is 2. The predicted molar refractivity (Wildman–Crippen MR) is 75.6 cm³/mol. The summed E-state index contributed by atoms with van der Waals surface area (Å²) in [4.78, 5) is 21.8. The summed E-state index contributed by atoms with van der Waals surface area (Å²) in [6.45, 7) is 0. The minimum absolute atomic E-state index is 0.200. The summed E-state index contributed by atoms with van der Waals surface area (Å²) >= 11 is 0. The second-order valence-electron chi connectivity index (χ2n) is 4.00. The highest BCUT2D eigenvalue weighted by Crippen LogP contribution is 2.21. The molecule has 0 saturated heterocycles. The Balaban J connectivity index is 2.27. The zero-order valence-electron chi connectivity index (χ0n) is 11.2. The van der Waals surface area contributed by atoms with Crippen LogP contribution in [0.15, 0.2) is 36.7 Å². The monoisotopic (exact) mass is 273 g/mol. The van der Waals surface area contributed by atoms with Crippen LogP contribution in [0.3, 0.4) is 0 Å². The number of carbonyl (C=O) groups excluding carboxylic acids is 1. The quantitative estimate of drug-likeness (QED) is 0.639. The normalized spacial score (nSPS) is 9.95. The lowest BCUT2D eigenvalue weighted by atomic mass is 10.2. The van der Waals surface area contributed by atoms with E-state index < -0.39 is 0 Å². The average Bonchev–Trinajstić information content (AvgIpc) is 2.53.